The molecule has 0 aliphatic carbocycles. The Hall–Kier alpha value is -2.94. The Morgan fingerprint density at radius 1 is 1.14 bits per heavy atom. The Bertz CT molecular complexity index is 1750. The standard InChI is InChI=1S/C18H24N7O15P3/c19-18-21-15-12(16(28)23(18)6-5-9-3-1-2-4-10(9)25(29)30)20-8-24(15)17-14(27)13(26)11(39-17)7-38-41(31,32)22-42(33,34)40-43(35,36)37/h1-4,8,11,13-14,17,26-27,33-34H,5-7H2,(H2,19,21)(H,31,32)(H2,35,36,37)/t11-,13-,14-,17-/m1/s1. The molecular formula is C18H24N7O15P3. The van der Waals surface area contributed by atoms with Crippen molar-refractivity contribution in [3.63, 3.8) is 0 Å². The molecule has 1 unspecified atom stereocenters. The summed E-state index contributed by atoms with van der Waals surface area (Å²) in [6.07, 6.45) is -5.54. The largest absolute Gasteiger partial charge is 0.477 e. The number of aromatic nitrogens is 4. The fourth-order valence-corrected chi connectivity index (χ4v) is 7.44. The highest BCUT2D eigenvalue weighted by Crippen LogP contribution is 2.63. The van der Waals surface area contributed by atoms with E-state index in [9.17, 15) is 48.9 Å². The third kappa shape index (κ3) is 7.59. The van der Waals surface area contributed by atoms with Crippen LogP contribution in [-0.4, -0.2) is 83.6 Å². The van der Waals surface area contributed by atoms with Gasteiger partial charge in [0.05, 0.1) is 17.9 Å². The van der Waals surface area contributed by atoms with Crippen LogP contribution in [0.25, 0.3) is 11.2 Å². The molecule has 4 rings (SSSR count). The lowest BCUT2D eigenvalue weighted by Gasteiger charge is -2.18. The molecule has 25 heteroatoms. The van der Waals surface area contributed by atoms with Gasteiger partial charge in [0.15, 0.2) is 17.4 Å². The van der Waals surface area contributed by atoms with Crippen molar-refractivity contribution in [3.05, 3.63) is 56.6 Å². The minimum Gasteiger partial charge on any atom is -0.387 e. The minimum absolute atomic E-state index is 0.0512. The molecule has 0 spiro atoms. The number of phosphoric acid groups is 1. The van der Waals surface area contributed by atoms with Crippen molar-refractivity contribution >= 4 is 46.1 Å². The van der Waals surface area contributed by atoms with Gasteiger partial charge in [-0.15, -0.1) is 4.52 Å². The summed E-state index contributed by atoms with van der Waals surface area (Å²) in [6.45, 7) is -1.11. The predicted octanol–water partition coefficient (Wildman–Crippen LogP) is -0.898. The lowest BCUT2D eigenvalue weighted by molar-refractivity contribution is -0.385. The second-order valence-corrected chi connectivity index (χ2v) is 13.5. The molecule has 0 saturated carbocycles. The highest BCUT2D eigenvalue weighted by atomic mass is 31.3. The Morgan fingerprint density at radius 3 is 2.47 bits per heavy atom. The van der Waals surface area contributed by atoms with E-state index < -0.39 is 64.9 Å². The van der Waals surface area contributed by atoms with Gasteiger partial charge in [-0.25, -0.2) is 18.4 Å². The first-order valence-corrected chi connectivity index (χ1v) is 16.3. The summed E-state index contributed by atoms with van der Waals surface area (Å²) in [4.78, 5) is 77.8. The van der Waals surface area contributed by atoms with E-state index in [1.807, 2.05) is 0 Å². The average molecular weight is 671 g/mol. The topological polar surface area (TPSA) is 338 Å². The fraction of sp³-hybridized carbons (Fsp3) is 0.389. The van der Waals surface area contributed by atoms with Gasteiger partial charge in [-0.05, 0) is 6.42 Å². The van der Waals surface area contributed by atoms with E-state index in [2.05, 4.69) is 23.3 Å². The molecule has 3 aromatic rings. The maximum atomic E-state index is 13.1. The molecule has 2 aromatic heterocycles. The van der Waals surface area contributed by atoms with E-state index in [4.69, 9.17) is 20.3 Å². The van der Waals surface area contributed by atoms with Gasteiger partial charge in [-0.2, -0.15) is 4.98 Å². The molecule has 1 aliphatic rings. The third-order valence-electron chi connectivity index (χ3n) is 5.97. The first-order valence-electron chi connectivity index (χ1n) is 11.7. The van der Waals surface area contributed by atoms with E-state index in [1.165, 1.54) is 18.2 Å². The zero-order valence-electron chi connectivity index (χ0n) is 21.3. The van der Waals surface area contributed by atoms with Crippen LogP contribution in [0.4, 0.5) is 11.6 Å². The molecule has 1 aliphatic heterocycles. The summed E-state index contributed by atoms with van der Waals surface area (Å²) in [7, 11) is -16.3. The molecule has 0 bridgehead atoms. The number of imidazole rings is 1. The number of fused-ring (bicyclic) bond motifs is 1. The monoisotopic (exact) mass is 671 g/mol. The summed E-state index contributed by atoms with van der Waals surface area (Å²) in [5.74, 6) is -0.314. The van der Waals surface area contributed by atoms with Crippen LogP contribution in [0.1, 0.15) is 11.8 Å². The van der Waals surface area contributed by atoms with Crippen molar-refractivity contribution in [1.29, 1.82) is 0 Å². The predicted molar refractivity (Wildman–Crippen MR) is 142 cm³/mol. The molecule has 0 amide bonds. The normalized spacial score (nSPS) is 22.5. The van der Waals surface area contributed by atoms with Gasteiger partial charge in [0, 0.05) is 18.2 Å². The first kappa shape index (κ1) is 33.0. The first-order chi connectivity index (χ1) is 19.9. The number of aliphatic hydroxyl groups is 2. The Kier molecular flexibility index (Phi) is 9.36. The number of rotatable bonds is 11. The van der Waals surface area contributed by atoms with Gasteiger partial charge in [-0.1, -0.05) is 18.2 Å². The van der Waals surface area contributed by atoms with Gasteiger partial charge < -0.3 is 45.2 Å². The SMILES string of the molecule is Nc1nc2c(ncn2[C@@H]2O[C@H](COP(=O)(O)N=P(O)(O)OP(=O)(O)O)[C@@H](O)[C@H]2O)c(=O)n1CCc1ccccc1[N+](=O)[O-]. The Morgan fingerprint density at radius 2 is 1.81 bits per heavy atom. The van der Waals surface area contributed by atoms with Crippen molar-refractivity contribution in [2.45, 2.75) is 37.5 Å². The zero-order valence-corrected chi connectivity index (χ0v) is 24.0. The quantitative estimate of drug-likeness (QED) is 0.0695. The van der Waals surface area contributed by atoms with Crippen molar-refractivity contribution in [2.75, 3.05) is 12.3 Å². The molecular weight excluding hydrogens is 647 g/mol. The maximum absolute atomic E-state index is 13.1. The van der Waals surface area contributed by atoms with Crippen LogP contribution in [0.15, 0.2) is 39.9 Å². The smallest absolute Gasteiger partial charge is 0.387 e. The lowest BCUT2D eigenvalue weighted by atomic mass is 10.1. The van der Waals surface area contributed by atoms with E-state index in [1.54, 1.807) is 6.07 Å². The molecule has 1 aromatic carbocycles. The number of para-hydroxylation sites is 1. The number of aliphatic hydroxyl groups excluding tert-OH is 2. The summed E-state index contributed by atoms with van der Waals surface area (Å²) < 4.78 is 41.0. The van der Waals surface area contributed by atoms with Crippen molar-refractivity contribution < 1.29 is 62.3 Å². The second kappa shape index (κ2) is 12.2. The number of aryl methyl sites for hydroxylation is 1. The van der Waals surface area contributed by atoms with E-state index >= 15 is 0 Å². The highest BCUT2D eigenvalue weighted by Gasteiger charge is 2.45. The number of nitro benzene ring substituents is 1. The van der Waals surface area contributed by atoms with Crippen LogP contribution < -0.4 is 11.3 Å². The number of hydrogen-bond donors (Lipinski definition) is 8. The van der Waals surface area contributed by atoms with Gasteiger partial charge in [-0.3, -0.25) is 28.6 Å². The molecule has 236 valence electrons. The lowest BCUT2D eigenvalue weighted by Crippen LogP contribution is -2.33. The summed E-state index contributed by atoms with van der Waals surface area (Å²) in [5.41, 5.74) is 5.03. The van der Waals surface area contributed by atoms with Crippen LogP contribution in [0.5, 0.6) is 0 Å². The number of anilines is 1. The zero-order chi connectivity index (χ0) is 31.9. The van der Waals surface area contributed by atoms with Crippen molar-refractivity contribution in [1.82, 2.24) is 19.1 Å². The molecule has 1 fully saturated rings. The number of benzene rings is 1. The van der Waals surface area contributed by atoms with Gasteiger partial charge in [0.25, 0.3) is 11.2 Å². The van der Waals surface area contributed by atoms with Crippen molar-refractivity contribution in [3.8, 4) is 0 Å². The molecule has 43 heavy (non-hydrogen) atoms. The van der Waals surface area contributed by atoms with E-state index in [0.29, 0.717) is 5.56 Å². The molecule has 9 N–H and O–H groups in total. The van der Waals surface area contributed by atoms with Crippen LogP contribution in [0.2, 0.25) is 0 Å². The third-order valence-corrected chi connectivity index (χ3v) is 10.0. The van der Waals surface area contributed by atoms with Gasteiger partial charge in [0.2, 0.25) is 5.95 Å². The summed E-state index contributed by atoms with van der Waals surface area (Å²) in [6, 6.07) is 5.93. The Labute approximate surface area is 238 Å². The van der Waals surface area contributed by atoms with Gasteiger partial charge in [0.1, 0.15) is 18.3 Å². The minimum atomic E-state index is -5.52. The van der Waals surface area contributed by atoms with Crippen LogP contribution in [0, 0.1) is 10.1 Å². The number of nitrogens with two attached hydrogens (primary N) is 1. The van der Waals surface area contributed by atoms with Crippen LogP contribution >= 0.6 is 23.3 Å². The van der Waals surface area contributed by atoms with Crippen LogP contribution in [-0.2, 0) is 35.7 Å². The summed E-state index contributed by atoms with van der Waals surface area (Å²) in [5, 5.41) is 32.3. The van der Waals surface area contributed by atoms with Crippen LogP contribution in [0.3, 0.4) is 0 Å². The number of nitro groups is 1. The fourth-order valence-electron chi connectivity index (χ4n) is 4.15. The number of hydrogen-bond acceptors (Lipinski definition) is 13. The maximum Gasteiger partial charge on any atom is 0.477 e. The second-order valence-electron chi connectivity index (χ2n) is 8.89. The average Bonchev–Trinajstić information content (AvgIpc) is 3.41. The van der Waals surface area contributed by atoms with E-state index in [-0.39, 0.29) is 35.8 Å². The Balaban J connectivity index is 1.53. The molecule has 5 atom stereocenters. The highest BCUT2D eigenvalue weighted by molar-refractivity contribution is 7.67. The molecule has 3 heterocycles. The number of ether oxygens (including phenoxy) is 1. The molecule has 22 nitrogen and oxygen atoms in total. The molecule has 1 saturated heterocycles. The van der Waals surface area contributed by atoms with E-state index in [0.717, 1.165) is 15.5 Å². The number of nitrogen functional groups attached to an aromatic ring is 1. The van der Waals surface area contributed by atoms with Gasteiger partial charge >= 0.3 is 23.3 Å². The van der Waals surface area contributed by atoms with Crippen molar-refractivity contribution in [2.24, 2.45) is 4.52 Å². The number of nitrogens with zero attached hydrogens (tertiary/aromatic N) is 6. The summed E-state index contributed by atoms with van der Waals surface area (Å²) >= 11 is 0. The molecule has 0 radical (unpaired) electrons.